The molecule has 2 heterocycles. The molecule has 1 saturated heterocycles. The molecule has 29 heavy (non-hydrogen) atoms. The largest absolute Gasteiger partial charge is 0.345 e. The van der Waals surface area contributed by atoms with Crippen molar-refractivity contribution in [3.8, 4) is 0 Å². The summed E-state index contributed by atoms with van der Waals surface area (Å²) < 4.78 is 30.5. The number of rotatable bonds is 10. The Balaban J connectivity index is 0.00000420. The summed E-state index contributed by atoms with van der Waals surface area (Å²) in [5.74, 6) is 1.03. The summed E-state index contributed by atoms with van der Waals surface area (Å²) in [6.07, 6.45) is 6.73. The highest BCUT2D eigenvalue weighted by Crippen LogP contribution is 2.43. The van der Waals surface area contributed by atoms with E-state index in [9.17, 15) is 8.78 Å². The number of ether oxygens (including phenoxy) is 1. The number of likely N-dealkylation sites (tertiary alicyclic amines) is 1. The van der Waals surface area contributed by atoms with Gasteiger partial charge in [-0.25, -0.2) is 0 Å². The van der Waals surface area contributed by atoms with Crippen LogP contribution in [0.3, 0.4) is 0 Å². The van der Waals surface area contributed by atoms with Crippen LogP contribution in [0.4, 0.5) is 8.78 Å². The number of nitrogens with zero attached hydrogens (tertiary/aromatic N) is 2. The zero-order chi connectivity index (χ0) is 20.8. The van der Waals surface area contributed by atoms with Crippen LogP contribution < -0.4 is 0 Å². The SMILES string of the molecule is C.C/C=C(/CCC1(COC(F)F)CCN(C(C)(C)c2ccc(C)nc2)C1)SCC. The van der Waals surface area contributed by atoms with E-state index in [1.165, 1.54) is 4.91 Å². The number of halogens is 2. The topological polar surface area (TPSA) is 25.4 Å². The lowest BCUT2D eigenvalue weighted by atomic mass is 9.82. The molecule has 1 aliphatic heterocycles. The van der Waals surface area contributed by atoms with Crippen molar-refractivity contribution >= 4 is 11.8 Å². The van der Waals surface area contributed by atoms with Gasteiger partial charge in [-0.15, -0.1) is 11.8 Å². The molecule has 0 spiro atoms. The minimum absolute atomic E-state index is 0. The zero-order valence-corrected chi connectivity index (χ0v) is 18.6. The Bertz CT molecular complexity index is 649. The third-order valence-corrected chi connectivity index (χ3v) is 7.01. The van der Waals surface area contributed by atoms with Gasteiger partial charge in [0.25, 0.3) is 0 Å². The van der Waals surface area contributed by atoms with E-state index in [1.54, 1.807) is 0 Å². The van der Waals surface area contributed by atoms with E-state index in [4.69, 9.17) is 4.74 Å². The first-order chi connectivity index (χ1) is 13.2. The van der Waals surface area contributed by atoms with Gasteiger partial charge in [-0.3, -0.25) is 9.88 Å². The van der Waals surface area contributed by atoms with E-state index in [-0.39, 0.29) is 25.0 Å². The molecule has 2 rings (SSSR count). The summed E-state index contributed by atoms with van der Waals surface area (Å²) in [6.45, 7) is 9.57. The Kier molecular flexibility index (Phi) is 10.3. The van der Waals surface area contributed by atoms with Crippen LogP contribution in [0.25, 0.3) is 0 Å². The van der Waals surface area contributed by atoms with Crippen LogP contribution in [0.5, 0.6) is 0 Å². The minimum atomic E-state index is -2.72. The number of aryl methyl sites for hydroxylation is 1. The number of pyridine rings is 1. The number of hydrogen-bond donors (Lipinski definition) is 0. The van der Waals surface area contributed by atoms with Crippen LogP contribution >= 0.6 is 11.8 Å². The van der Waals surface area contributed by atoms with E-state index in [0.717, 1.165) is 49.4 Å². The number of hydrogen-bond acceptors (Lipinski definition) is 4. The molecular formula is C23H38F2N2OS. The van der Waals surface area contributed by atoms with E-state index in [1.807, 2.05) is 30.9 Å². The van der Waals surface area contributed by atoms with Crippen molar-refractivity contribution in [2.45, 2.75) is 73.5 Å². The monoisotopic (exact) mass is 428 g/mol. The normalized spacial score (nSPS) is 20.9. The van der Waals surface area contributed by atoms with Crippen LogP contribution in [-0.2, 0) is 10.3 Å². The molecular weight excluding hydrogens is 390 g/mol. The van der Waals surface area contributed by atoms with Crippen molar-refractivity contribution in [3.63, 3.8) is 0 Å². The molecule has 1 unspecified atom stereocenters. The van der Waals surface area contributed by atoms with Crippen molar-refractivity contribution in [2.75, 3.05) is 25.4 Å². The van der Waals surface area contributed by atoms with E-state index < -0.39 is 6.61 Å². The van der Waals surface area contributed by atoms with Crippen LogP contribution in [0.1, 0.15) is 65.6 Å². The second-order valence-electron chi connectivity index (χ2n) is 8.18. The van der Waals surface area contributed by atoms with Crippen LogP contribution in [0.2, 0.25) is 0 Å². The standard InChI is InChI=1S/C22H34F2N2OS.CH4/c1-6-19(28-7-2)10-11-22(16-27-20(23)24)12-13-26(15-22)21(4,5)18-9-8-17(3)25-14-18;/h6,8-9,14,20H,7,10-13,15-16H2,1-5H3;1H4/b19-6-;. The Hall–Kier alpha value is -0.980. The lowest BCUT2D eigenvalue weighted by molar-refractivity contribution is -0.152. The molecule has 1 aromatic heterocycles. The van der Waals surface area contributed by atoms with Gasteiger partial charge in [0, 0.05) is 29.4 Å². The maximum atomic E-state index is 12.8. The first-order valence-corrected chi connectivity index (χ1v) is 11.1. The maximum absolute atomic E-state index is 12.8. The van der Waals surface area contributed by atoms with Crippen molar-refractivity contribution in [3.05, 3.63) is 40.6 Å². The van der Waals surface area contributed by atoms with E-state index >= 15 is 0 Å². The fourth-order valence-electron chi connectivity index (χ4n) is 3.93. The molecule has 0 saturated carbocycles. The smallest absolute Gasteiger partial charge is 0.322 e. The molecule has 1 aromatic rings. The quantitative estimate of drug-likeness (QED) is 0.418. The highest BCUT2D eigenvalue weighted by molar-refractivity contribution is 8.03. The lowest BCUT2D eigenvalue weighted by Crippen LogP contribution is -2.42. The molecule has 0 radical (unpaired) electrons. The third kappa shape index (κ3) is 7.04. The Morgan fingerprint density at radius 3 is 2.69 bits per heavy atom. The van der Waals surface area contributed by atoms with Gasteiger partial charge in [-0.1, -0.05) is 26.5 Å². The molecule has 0 N–H and O–H groups in total. The average molecular weight is 429 g/mol. The molecule has 6 heteroatoms. The van der Waals surface area contributed by atoms with Gasteiger partial charge in [0.05, 0.1) is 6.61 Å². The lowest BCUT2D eigenvalue weighted by Gasteiger charge is -2.38. The number of allylic oxidation sites excluding steroid dienone is 2. The fraction of sp³-hybridized carbons (Fsp3) is 0.696. The van der Waals surface area contributed by atoms with Crippen molar-refractivity contribution < 1.29 is 13.5 Å². The predicted octanol–water partition coefficient (Wildman–Crippen LogP) is 6.63. The van der Waals surface area contributed by atoms with Crippen molar-refractivity contribution in [1.82, 2.24) is 9.88 Å². The zero-order valence-electron chi connectivity index (χ0n) is 17.8. The molecule has 0 aliphatic carbocycles. The Labute approximate surface area is 180 Å². The summed E-state index contributed by atoms with van der Waals surface area (Å²) in [5.41, 5.74) is 1.70. The second-order valence-corrected chi connectivity index (χ2v) is 9.57. The summed E-state index contributed by atoms with van der Waals surface area (Å²) >= 11 is 1.84. The summed E-state index contributed by atoms with van der Waals surface area (Å²) in [5, 5.41) is 0. The molecule has 1 fully saturated rings. The van der Waals surface area contributed by atoms with Gasteiger partial charge in [0.2, 0.25) is 0 Å². The van der Waals surface area contributed by atoms with Crippen LogP contribution in [-0.4, -0.2) is 41.9 Å². The van der Waals surface area contributed by atoms with Crippen molar-refractivity contribution in [2.24, 2.45) is 5.41 Å². The number of thioether (sulfide) groups is 1. The second kappa shape index (κ2) is 11.4. The predicted molar refractivity (Wildman–Crippen MR) is 120 cm³/mol. The molecule has 1 aliphatic rings. The summed E-state index contributed by atoms with van der Waals surface area (Å²) in [6, 6.07) is 4.15. The highest BCUT2D eigenvalue weighted by atomic mass is 32.2. The third-order valence-electron chi connectivity index (χ3n) is 5.92. The number of aromatic nitrogens is 1. The summed E-state index contributed by atoms with van der Waals surface area (Å²) in [7, 11) is 0. The Morgan fingerprint density at radius 2 is 2.14 bits per heavy atom. The van der Waals surface area contributed by atoms with Gasteiger partial charge in [0.1, 0.15) is 0 Å². The molecule has 0 bridgehead atoms. The van der Waals surface area contributed by atoms with E-state index in [0.29, 0.717) is 0 Å². The van der Waals surface area contributed by atoms with Gasteiger partial charge >= 0.3 is 6.61 Å². The van der Waals surface area contributed by atoms with Crippen LogP contribution in [0.15, 0.2) is 29.3 Å². The van der Waals surface area contributed by atoms with Gasteiger partial charge in [0.15, 0.2) is 0 Å². The molecule has 1 atom stereocenters. The van der Waals surface area contributed by atoms with Crippen LogP contribution in [0, 0.1) is 12.3 Å². The first kappa shape index (κ1) is 26.1. The summed E-state index contributed by atoms with van der Waals surface area (Å²) in [4.78, 5) is 8.18. The molecule has 0 aromatic carbocycles. The van der Waals surface area contributed by atoms with Crippen molar-refractivity contribution in [1.29, 1.82) is 0 Å². The average Bonchev–Trinajstić information content (AvgIpc) is 3.09. The van der Waals surface area contributed by atoms with Gasteiger partial charge in [-0.2, -0.15) is 8.78 Å². The van der Waals surface area contributed by atoms with E-state index in [2.05, 4.69) is 49.7 Å². The fourth-order valence-corrected chi connectivity index (χ4v) is 4.72. The highest BCUT2D eigenvalue weighted by Gasteiger charge is 2.44. The molecule has 3 nitrogen and oxygen atoms in total. The maximum Gasteiger partial charge on any atom is 0.345 e. The minimum Gasteiger partial charge on any atom is -0.322 e. The number of alkyl halides is 2. The molecule has 0 amide bonds. The Morgan fingerprint density at radius 1 is 1.41 bits per heavy atom. The van der Waals surface area contributed by atoms with Gasteiger partial charge in [-0.05, 0) is 75.8 Å². The first-order valence-electron chi connectivity index (χ1n) is 10.1. The van der Waals surface area contributed by atoms with Gasteiger partial charge < -0.3 is 4.74 Å². The molecule has 166 valence electrons.